The lowest BCUT2D eigenvalue weighted by molar-refractivity contribution is -0.123. The van der Waals surface area contributed by atoms with E-state index in [0.717, 1.165) is 18.5 Å². The highest BCUT2D eigenvalue weighted by Crippen LogP contribution is 2.27. The number of nitrogens with one attached hydrogen (secondary N) is 1. The smallest absolute Gasteiger partial charge is 0.336 e. The minimum absolute atomic E-state index is 0.0836. The maximum Gasteiger partial charge on any atom is 0.336 e. The SMILES string of the molecule is O=C(COc1ccc2ccc(=O)oc2c1)NCC(c1cccs1)N1CCCC1. The summed E-state index contributed by atoms with van der Waals surface area (Å²) in [5.74, 6) is 0.321. The number of fused-ring (bicyclic) bond motifs is 1. The largest absolute Gasteiger partial charge is 0.484 e. The third-order valence-electron chi connectivity index (χ3n) is 4.91. The van der Waals surface area contributed by atoms with Crippen LogP contribution in [0, 0.1) is 0 Å². The summed E-state index contributed by atoms with van der Waals surface area (Å²) in [7, 11) is 0. The van der Waals surface area contributed by atoms with Crippen molar-refractivity contribution in [2.24, 2.45) is 0 Å². The van der Waals surface area contributed by atoms with Crippen molar-refractivity contribution in [3.63, 3.8) is 0 Å². The highest BCUT2D eigenvalue weighted by Gasteiger charge is 2.24. The number of benzene rings is 1. The Balaban J connectivity index is 1.34. The summed E-state index contributed by atoms with van der Waals surface area (Å²) in [4.78, 5) is 27.3. The Morgan fingerprint density at radius 1 is 1.21 bits per heavy atom. The molecule has 28 heavy (non-hydrogen) atoms. The molecule has 1 aliphatic rings. The fourth-order valence-electron chi connectivity index (χ4n) is 3.48. The van der Waals surface area contributed by atoms with Crippen LogP contribution in [0.25, 0.3) is 11.0 Å². The molecular formula is C21H22N2O4S. The highest BCUT2D eigenvalue weighted by molar-refractivity contribution is 7.10. The van der Waals surface area contributed by atoms with Crippen LogP contribution in [0.5, 0.6) is 5.75 Å². The second kappa shape index (κ2) is 8.58. The highest BCUT2D eigenvalue weighted by atomic mass is 32.1. The molecule has 1 N–H and O–H groups in total. The van der Waals surface area contributed by atoms with E-state index in [1.54, 1.807) is 35.6 Å². The van der Waals surface area contributed by atoms with Crippen molar-refractivity contribution in [2.75, 3.05) is 26.2 Å². The molecule has 0 saturated carbocycles. The number of hydrogen-bond acceptors (Lipinski definition) is 6. The van der Waals surface area contributed by atoms with Crippen molar-refractivity contribution < 1.29 is 13.9 Å². The van der Waals surface area contributed by atoms with Crippen LogP contribution in [-0.4, -0.2) is 37.0 Å². The van der Waals surface area contributed by atoms with Gasteiger partial charge in [0.1, 0.15) is 11.3 Å². The summed E-state index contributed by atoms with van der Waals surface area (Å²) >= 11 is 1.72. The number of ether oxygens (including phenoxy) is 1. The van der Waals surface area contributed by atoms with Crippen LogP contribution in [-0.2, 0) is 4.79 Å². The van der Waals surface area contributed by atoms with Gasteiger partial charge in [-0.15, -0.1) is 11.3 Å². The number of hydrogen-bond donors (Lipinski definition) is 1. The average Bonchev–Trinajstić information content (AvgIpc) is 3.41. The Bertz CT molecular complexity index is 993. The molecule has 1 fully saturated rings. The van der Waals surface area contributed by atoms with E-state index in [1.165, 1.54) is 23.8 Å². The molecule has 6 nitrogen and oxygen atoms in total. The van der Waals surface area contributed by atoms with Crippen molar-refractivity contribution in [3.8, 4) is 5.75 Å². The first-order chi connectivity index (χ1) is 13.7. The molecule has 1 atom stereocenters. The minimum atomic E-state index is -0.413. The van der Waals surface area contributed by atoms with Crippen molar-refractivity contribution in [1.29, 1.82) is 0 Å². The van der Waals surface area contributed by atoms with Gasteiger partial charge in [0.05, 0.1) is 6.04 Å². The van der Waals surface area contributed by atoms with Crippen LogP contribution in [0.3, 0.4) is 0 Å². The monoisotopic (exact) mass is 398 g/mol. The molecule has 0 aliphatic carbocycles. The molecule has 7 heteroatoms. The molecule has 4 rings (SSSR count). The van der Waals surface area contributed by atoms with E-state index in [-0.39, 0.29) is 18.6 Å². The van der Waals surface area contributed by atoms with Crippen molar-refractivity contribution in [1.82, 2.24) is 10.2 Å². The lowest BCUT2D eigenvalue weighted by atomic mass is 10.2. The third-order valence-corrected chi connectivity index (χ3v) is 5.88. The molecule has 146 valence electrons. The number of carbonyl (C=O) groups is 1. The first kappa shape index (κ1) is 18.7. The van der Waals surface area contributed by atoms with Crippen molar-refractivity contribution >= 4 is 28.2 Å². The quantitative estimate of drug-likeness (QED) is 0.619. The van der Waals surface area contributed by atoms with Crippen LogP contribution in [0.4, 0.5) is 0 Å². The van der Waals surface area contributed by atoms with Gasteiger partial charge in [0, 0.05) is 28.9 Å². The molecule has 2 aromatic heterocycles. The Hall–Kier alpha value is -2.64. The summed E-state index contributed by atoms with van der Waals surface area (Å²) in [5, 5.41) is 5.87. The molecule has 1 aliphatic heterocycles. The van der Waals surface area contributed by atoms with Crippen LogP contribution in [0.2, 0.25) is 0 Å². The number of rotatable bonds is 7. The number of likely N-dealkylation sites (tertiary alicyclic amines) is 1. The van der Waals surface area contributed by atoms with E-state index in [4.69, 9.17) is 9.15 Å². The molecule has 0 bridgehead atoms. The van der Waals surface area contributed by atoms with Gasteiger partial charge in [-0.05, 0) is 55.6 Å². The predicted octanol–water partition coefficient (Wildman–Crippen LogP) is 3.19. The first-order valence-electron chi connectivity index (χ1n) is 9.40. The van der Waals surface area contributed by atoms with Crippen LogP contribution in [0.15, 0.2) is 57.1 Å². The molecule has 1 saturated heterocycles. The average molecular weight is 398 g/mol. The number of carbonyl (C=O) groups excluding carboxylic acids is 1. The topological polar surface area (TPSA) is 71.8 Å². The number of thiophene rings is 1. The Labute approximate surface area is 166 Å². The molecule has 1 unspecified atom stereocenters. The fraction of sp³-hybridized carbons (Fsp3) is 0.333. The zero-order valence-electron chi connectivity index (χ0n) is 15.4. The van der Waals surface area contributed by atoms with Gasteiger partial charge >= 0.3 is 5.63 Å². The summed E-state index contributed by atoms with van der Waals surface area (Å²) < 4.78 is 10.7. The van der Waals surface area contributed by atoms with E-state index < -0.39 is 5.63 Å². The number of amides is 1. The molecule has 1 amide bonds. The molecule has 0 spiro atoms. The Morgan fingerprint density at radius 2 is 2.04 bits per heavy atom. The second-order valence-electron chi connectivity index (χ2n) is 6.82. The summed E-state index contributed by atoms with van der Waals surface area (Å²) in [5.41, 5.74) is 0.0288. The van der Waals surface area contributed by atoms with Gasteiger partial charge in [-0.25, -0.2) is 4.79 Å². The van der Waals surface area contributed by atoms with E-state index in [2.05, 4.69) is 21.7 Å². The zero-order chi connectivity index (χ0) is 19.3. The lowest BCUT2D eigenvalue weighted by Crippen LogP contribution is -2.38. The van der Waals surface area contributed by atoms with E-state index in [1.807, 2.05) is 6.07 Å². The molecule has 3 aromatic rings. The Kier molecular flexibility index (Phi) is 5.73. The fourth-order valence-corrected chi connectivity index (χ4v) is 4.35. The maximum absolute atomic E-state index is 12.3. The predicted molar refractivity (Wildman–Crippen MR) is 109 cm³/mol. The van der Waals surface area contributed by atoms with Crippen LogP contribution in [0.1, 0.15) is 23.8 Å². The van der Waals surface area contributed by atoms with Gasteiger partial charge in [0.15, 0.2) is 6.61 Å². The van der Waals surface area contributed by atoms with Gasteiger partial charge in [-0.3, -0.25) is 9.69 Å². The maximum atomic E-state index is 12.3. The van der Waals surface area contributed by atoms with Crippen molar-refractivity contribution in [3.05, 3.63) is 63.1 Å². The summed E-state index contributed by atoms with van der Waals surface area (Å²) in [6, 6.07) is 12.6. The standard InChI is InChI=1S/C21H22N2O4S/c24-20(14-26-16-7-5-15-6-8-21(25)27-18(15)12-16)22-13-17(19-4-3-11-28-19)23-9-1-2-10-23/h3-8,11-12,17H,1-2,9-10,13-14H2,(H,22,24). The molecule has 0 radical (unpaired) electrons. The van der Waals surface area contributed by atoms with E-state index >= 15 is 0 Å². The van der Waals surface area contributed by atoms with E-state index in [9.17, 15) is 9.59 Å². The summed E-state index contributed by atoms with van der Waals surface area (Å²) in [6.07, 6.45) is 2.41. The molecular weight excluding hydrogens is 376 g/mol. The van der Waals surface area contributed by atoms with Gasteiger partial charge in [0.2, 0.25) is 0 Å². The number of nitrogens with zero attached hydrogens (tertiary/aromatic N) is 1. The zero-order valence-corrected chi connectivity index (χ0v) is 16.2. The lowest BCUT2D eigenvalue weighted by Gasteiger charge is -2.26. The molecule has 1 aromatic carbocycles. The van der Waals surface area contributed by atoms with Crippen LogP contribution >= 0.6 is 11.3 Å². The second-order valence-corrected chi connectivity index (χ2v) is 7.80. The van der Waals surface area contributed by atoms with Gasteiger partial charge in [-0.2, -0.15) is 0 Å². The van der Waals surface area contributed by atoms with Gasteiger partial charge in [0.25, 0.3) is 5.91 Å². The van der Waals surface area contributed by atoms with E-state index in [0.29, 0.717) is 17.9 Å². The third kappa shape index (κ3) is 4.43. The Morgan fingerprint density at radius 3 is 2.82 bits per heavy atom. The van der Waals surface area contributed by atoms with Gasteiger partial charge < -0.3 is 14.5 Å². The normalized spacial score (nSPS) is 15.6. The van der Waals surface area contributed by atoms with Crippen LogP contribution < -0.4 is 15.7 Å². The van der Waals surface area contributed by atoms with Crippen molar-refractivity contribution in [2.45, 2.75) is 18.9 Å². The molecule has 3 heterocycles. The summed E-state index contributed by atoms with van der Waals surface area (Å²) in [6.45, 7) is 2.61. The van der Waals surface area contributed by atoms with Gasteiger partial charge in [-0.1, -0.05) is 6.07 Å². The minimum Gasteiger partial charge on any atom is -0.484 e. The first-order valence-corrected chi connectivity index (χ1v) is 10.3.